The lowest BCUT2D eigenvalue weighted by molar-refractivity contribution is -0.137. The maximum absolute atomic E-state index is 11.4. The van der Waals surface area contributed by atoms with Gasteiger partial charge in [-0.25, -0.2) is 0 Å². The lowest BCUT2D eigenvalue weighted by Crippen LogP contribution is -2.30. The van der Waals surface area contributed by atoms with Gasteiger partial charge in [-0.3, -0.25) is 9.59 Å². The summed E-state index contributed by atoms with van der Waals surface area (Å²) in [5.74, 6) is -0.686. The van der Waals surface area contributed by atoms with E-state index in [-0.39, 0.29) is 25.5 Å². The van der Waals surface area contributed by atoms with Crippen LogP contribution in [-0.2, 0) is 16.0 Å². The Morgan fingerprint density at radius 3 is 2.75 bits per heavy atom. The highest BCUT2D eigenvalue weighted by atomic mass is 79.9. The van der Waals surface area contributed by atoms with Gasteiger partial charge in [0.2, 0.25) is 0 Å². The monoisotopic (exact) mass is 343 g/mol. The average molecular weight is 344 g/mol. The number of ether oxygens (including phenoxy) is 1. The molecule has 1 rings (SSSR count). The first-order valence-electron chi connectivity index (χ1n) is 6.42. The highest BCUT2D eigenvalue weighted by Gasteiger charge is 2.07. The summed E-state index contributed by atoms with van der Waals surface area (Å²) in [6.07, 6.45) is 1.97. The summed E-state index contributed by atoms with van der Waals surface area (Å²) in [5, 5.41) is 10.9. The fourth-order valence-electron chi connectivity index (χ4n) is 1.61. The normalized spacial score (nSPS) is 10.1. The number of halogens is 1. The van der Waals surface area contributed by atoms with E-state index >= 15 is 0 Å². The molecule has 1 amide bonds. The van der Waals surface area contributed by atoms with E-state index < -0.39 is 5.97 Å². The van der Waals surface area contributed by atoms with Crippen LogP contribution in [0, 0.1) is 0 Å². The number of carbonyl (C=O) groups is 2. The molecular formula is C14H18BrNO4. The van der Waals surface area contributed by atoms with Crippen LogP contribution >= 0.6 is 15.9 Å². The van der Waals surface area contributed by atoms with Gasteiger partial charge in [-0.2, -0.15) is 0 Å². The van der Waals surface area contributed by atoms with Crippen molar-refractivity contribution in [3.05, 3.63) is 28.2 Å². The van der Waals surface area contributed by atoms with Gasteiger partial charge in [-0.1, -0.05) is 19.4 Å². The molecule has 6 heteroatoms. The molecule has 0 fully saturated rings. The van der Waals surface area contributed by atoms with Gasteiger partial charge in [0.25, 0.3) is 5.91 Å². The number of amides is 1. The van der Waals surface area contributed by atoms with Crippen molar-refractivity contribution < 1.29 is 19.4 Å². The molecule has 0 radical (unpaired) electrons. The molecule has 0 spiro atoms. The minimum absolute atomic E-state index is 0.0961. The molecule has 5 nitrogen and oxygen atoms in total. The van der Waals surface area contributed by atoms with Crippen LogP contribution in [0.25, 0.3) is 0 Å². The van der Waals surface area contributed by atoms with Crippen LogP contribution in [0.4, 0.5) is 0 Å². The number of rotatable bonds is 8. The molecule has 0 aliphatic carbocycles. The third-order valence-corrected chi connectivity index (χ3v) is 3.17. The van der Waals surface area contributed by atoms with E-state index in [9.17, 15) is 9.59 Å². The zero-order valence-electron chi connectivity index (χ0n) is 11.3. The number of aliphatic carboxylic acids is 1. The molecule has 0 atom stereocenters. The summed E-state index contributed by atoms with van der Waals surface area (Å²) in [6.45, 7) is 2.08. The second kappa shape index (κ2) is 8.58. The number of nitrogens with one attached hydrogen (secondary N) is 1. The van der Waals surface area contributed by atoms with Crippen molar-refractivity contribution in [2.24, 2.45) is 0 Å². The summed E-state index contributed by atoms with van der Waals surface area (Å²) in [4.78, 5) is 21.7. The van der Waals surface area contributed by atoms with Gasteiger partial charge in [0.1, 0.15) is 5.75 Å². The topological polar surface area (TPSA) is 75.6 Å². The van der Waals surface area contributed by atoms with Gasteiger partial charge in [-0.15, -0.1) is 0 Å². The molecule has 0 unspecified atom stereocenters. The standard InChI is InChI=1S/C14H18BrNO4/c1-2-3-10-4-5-12(11(15)8-10)20-9-13(17)16-7-6-14(18)19/h4-5,8H,2-3,6-7,9H2,1H3,(H,16,17)(H,18,19). The molecule has 0 heterocycles. The second-order valence-corrected chi connectivity index (χ2v) is 5.15. The van der Waals surface area contributed by atoms with E-state index in [2.05, 4.69) is 28.2 Å². The first-order chi connectivity index (χ1) is 9.52. The first kappa shape index (κ1) is 16.5. The summed E-state index contributed by atoms with van der Waals surface area (Å²) in [5.41, 5.74) is 1.21. The summed E-state index contributed by atoms with van der Waals surface area (Å²) in [6, 6.07) is 5.76. The molecular weight excluding hydrogens is 326 g/mol. The smallest absolute Gasteiger partial charge is 0.305 e. The number of aryl methyl sites for hydroxylation is 1. The average Bonchev–Trinajstić information content (AvgIpc) is 2.37. The van der Waals surface area contributed by atoms with E-state index in [0.717, 1.165) is 17.3 Å². The molecule has 0 saturated carbocycles. The molecule has 20 heavy (non-hydrogen) atoms. The Morgan fingerprint density at radius 2 is 2.15 bits per heavy atom. The van der Waals surface area contributed by atoms with Crippen LogP contribution in [0.2, 0.25) is 0 Å². The predicted molar refractivity (Wildman–Crippen MR) is 78.9 cm³/mol. The van der Waals surface area contributed by atoms with Crippen molar-refractivity contribution in [1.29, 1.82) is 0 Å². The van der Waals surface area contributed by atoms with Gasteiger partial charge in [0.15, 0.2) is 6.61 Å². The Bertz CT molecular complexity index is 476. The zero-order valence-corrected chi connectivity index (χ0v) is 12.9. The van der Waals surface area contributed by atoms with Crippen LogP contribution in [0.15, 0.2) is 22.7 Å². The Kier molecular flexibility index (Phi) is 7.08. The fraction of sp³-hybridized carbons (Fsp3) is 0.429. The Hall–Kier alpha value is -1.56. The quantitative estimate of drug-likeness (QED) is 0.759. The van der Waals surface area contributed by atoms with Crippen molar-refractivity contribution in [3.63, 3.8) is 0 Å². The van der Waals surface area contributed by atoms with Gasteiger partial charge in [0, 0.05) is 6.54 Å². The van der Waals surface area contributed by atoms with E-state index in [4.69, 9.17) is 9.84 Å². The highest BCUT2D eigenvalue weighted by Crippen LogP contribution is 2.26. The van der Waals surface area contributed by atoms with E-state index in [1.54, 1.807) is 0 Å². The lowest BCUT2D eigenvalue weighted by Gasteiger charge is -2.09. The molecule has 1 aromatic carbocycles. The summed E-state index contributed by atoms with van der Waals surface area (Å²) < 4.78 is 6.19. The molecule has 110 valence electrons. The van der Waals surface area contributed by atoms with Crippen LogP contribution < -0.4 is 10.1 Å². The number of carboxylic acids is 1. The Morgan fingerprint density at radius 1 is 1.40 bits per heavy atom. The van der Waals surface area contributed by atoms with Crippen LogP contribution in [0.5, 0.6) is 5.75 Å². The lowest BCUT2D eigenvalue weighted by atomic mass is 10.1. The maximum atomic E-state index is 11.4. The molecule has 0 saturated heterocycles. The fourth-order valence-corrected chi connectivity index (χ4v) is 2.15. The Balaban J connectivity index is 2.41. The van der Waals surface area contributed by atoms with Crippen molar-refractivity contribution >= 4 is 27.8 Å². The van der Waals surface area contributed by atoms with Crippen molar-refractivity contribution in [2.45, 2.75) is 26.2 Å². The molecule has 1 aromatic rings. The van der Waals surface area contributed by atoms with Crippen LogP contribution in [-0.4, -0.2) is 30.1 Å². The van der Waals surface area contributed by atoms with Crippen molar-refractivity contribution in [1.82, 2.24) is 5.32 Å². The molecule has 0 bridgehead atoms. The maximum Gasteiger partial charge on any atom is 0.305 e. The van der Waals surface area contributed by atoms with Crippen molar-refractivity contribution in [2.75, 3.05) is 13.2 Å². The van der Waals surface area contributed by atoms with E-state index in [1.807, 2.05) is 18.2 Å². The number of benzene rings is 1. The SMILES string of the molecule is CCCc1ccc(OCC(=O)NCCC(=O)O)c(Br)c1. The van der Waals surface area contributed by atoms with Crippen LogP contribution in [0.3, 0.4) is 0 Å². The summed E-state index contributed by atoms with van der Waals surface area (Å²) >= 11 is 3.40. The first-order valence-corrected chi connectivity index (χ1v) is 7.22. The number of carbonyl (C=O) groups excluding carboxylic acids is 1. The van der Waals surface area contributed by atoms with E-state index in [1.165, 1.54) is 5.56 Å². The van der Waals surface area contributed by atoms with Gasteiger partial charge < -0.3 is 15.2 Å². The third-order valence-electron chi connectivity index (χ3n) is 2.55. The van der Waals surface area contributed by atoms with E-state index in [0.29, 0.717) is 5.75 Å². The highest BCUT2D eigenvalue weighted by molar-refractivity contribution is 9.10. The predicted octanol–water partition coefficient (Wildman–Crippen LogP) is 2.37. The van der Waals surface area contributed by atoms with Crippen LogP contribution in [0.1, 0.15) is 25.3 Å². The third kappa shape index (κ3) is 6.06. The molecule has 0 aliphatic rings. The summed E-state index contributed by atoms with van der Waals surface area (Å²) in [7, 11) is 0. The van der Waals surface area contributed by atoms with Crippen molar-refractivity contribution in [3.8, 4) is 5.75 Å². The molecule has 2 N–H and O–H groups in total. The molecule has 0 aromatic heterocycles. The zero-order chi connectivity index (χ0) is 15.0. The number of hydrogen-bond acceptors (Lipinski definition) is 3. The Labute approximate surface area is 126 Å². The second-order valence-electron chi connectivity index (χ2n) is 4.30. The number of carboxylic acid groups (broad SMARTS) is 1. The minimum atomic E-state index is -0.944. The van der Waals surface area contributed by atoms with Gasteiger partial charge >= 0.3 is 5.97 Å². The van der Waals surface area contributed by atoms with Gasteiger partial charge in [-0.05, 0) is 40.0 Å². The van der Waals surface area contributed by atoms with Gasteiger partial charge in [0.05, 0.1) is 10.9 Å². The minimum Gasteiger partial charge on any atom is -0.483 e. The molecule has 0 aliphatic heterocycles. The largest absolute Gasteiger partial charge is 0.483 e. The number of hydrogen-bond donors (Lipinski definition) is 2.